The van der Waals surface area contributed by atoms with Crippen LogP contribution in [0.25, 0.3) is 0 Å². The molecule has 0 fully saturated rings. The van der Waals surface area contributed by atoms with Crippen LogP contribution in [0.2, 0.25) is 5.02 Å². The maximum absolute atomic E-state index is 11.4. The molecular weight excluding hydrogens is 274 g/mol. The second kappa shape index (κ2) is 6.96. The summed E-state index contributed by atoms with van der Waals surface area (Å²) in [5, 5.41) is 3.96. The Morgan fingerprint density at radius 3 is 2.45 bits per heavy atom. The Bertz CT molecular complexity index is 599. The van der Waals surface area contributed by atoms with Crippen molar-refractivity contribution in [1.29, 1.82) is 0 Å². The number of anilines is 1. The zero-order chi connectivity index (χ0) is 14.4. The minimum absolute atomic E-state index is 0.241. The van der Waals surface area contributed by atoms with E-state index in [9.17, 15) is 4.79 Å². The van der Waals surface area contributed by atoms with Gasteiger partial charge in [-0.25, -0.2) is 0 Å². The van der Waals surface area contributed by atoms with Crippen molar-refractivity contribution in [2.45, 2.75) is 13.0 Å². The van der Waals surface area contributed by atoms with E-state index in [1.165, 1.54) is 7.11 Å². The fourth-order valence-electron chi connectivity index (χ4n) is 1.93. The third-order valence-corrected chi connectivity index (χ3v) is 3.35. The molecule has 3 nitrogen and oxygen atoms in total. The van der Waals surface area contributed by atoms with Gasteiger partial charge >= 0.3 is 5.97 Å². The highest BCUT2D eigenvalue weighted by Gasteiger charge is 2.08. The van der Waals surface area contributed by atoms with Crippen LogP contribution < -0.4 is 5.32 Å². The van der Waals surface area contributed by atoms with Gasteiger partial charge in [0.15, 0.2) is 0 Å². The molecule has 0 aliphatic carbocycles. The summed E-state index contributed by atoms with van der Waals surface area (Å²) in [5.41, 5.74) is 2.89. The molecular formula is C16H16ClNO2. The van der Waals surface area contributed by atoms with Crippen LogP contribution in [0.5, 0.6) is 0 Å². The van der Waals surface area contributed by atoms with Crippen molar-refractivity contribution in [3.8, 4) is 0 Å². The molecule has 2 rings (SSSR count). The van der Waals surface area contributed by atoms with Gasteiger partial charge < -0.3 is 10.1 Å². The summed E-state index contributed by atoms with van der Waals surface area (Å²) in [6.07, 6.45) is 0.275. The number of rotatable bonds is 5. The molecule has 4 heteroatoms. The van der Waals surface area contributed by atoms with Gasteiger partial charge in [0, 0.05) is 6.54 Å². The van der Waals surface area contributed by atoms with Crippen molar-refractivity contribution < 1.29 is 9.53 Å². The lowest BCUT2D eigenvalue weighted by Crippen LogP contribution is -2.09. The highest BCUT2D eigenvalue weighted by molar-refractivity contribution is 6.33. The SMILES string of the molecule is COC(=O)Cc1ccccc1CNc1ccccc1Cl. The van der Waals surface area contributed by atoms with Gasteiger partial charge in [-0.1, -0.05) is 48.0 Å². The molecule has 0 atom stereocenters. The highest BCUT2D eigenvalue weighted by atomic mass is 35.5. The molecule has 0 aliphatic rings. The molecule has 2 aromatic rings. The number of para-hydroxylation sites is 1. The third kappa shape index (κ3) is 3.75. The van der Waals surface area contributed by atoms with Crippen molar-refractivity contribution in [3.05, 3.63) is 64.7 Å². The second-order valence-electron chi connectivity index (χ2n) is 4.36. The molecule has 0 aromatic heterocycles. The van der Waals surface area contributed by atoms with E-state index >= 15 is 0 Å². The normalized spacial score (nSPS) is 10.1. The van der Waals surface area contributed by atoms with Gasteiger partial charge in [0.05, 0.1) is 24.2 Å². The molecule has 104 valence electrons. The Balaban J connectivity index is 2.10. The molecule has 1 N–H and O–H groups in total. The number of hydrogen-bond donors (Lipinski definition) is 1. The van der Waals surface area contributed by atoms with E-state index in [4.69, 9.17) is 16.3 Å². The lowest BCUT2D eigenvalue weighted by atomic mass is 10.0. The van der Waals surface area contributed by atoms with Crippen LogP contribution >= 0.6 is 11.6 Å². The van der Waals surface area contributed by atoms with Crippen LogP contribution in [-0.4, -0.2) is 13.1 Å². The summed E-state index contributed by atoms with van der Waals surface area (Å²) in [6.45, 7) is 0.608. The topological polar surface area (TPSA) is 38.3 Å². The first-order valence-electron chi connectivity index (χ1n) is 6.32. The molecule has 20 heavy (non-hydrogen) atoms. The van der Waals surface area contributed by atoms with Crippen molar-refractivity contribution >= 4 is 23.3 Å². The minimum atomic E-state index is -0.241. The van der Waals surface area contributed by atoms with Crippen molar-refractivity contribution in [3.63, 3.8) is 0 Å². The molecule has 0 amide bonds. The lowest BCUT2D eigenvalue weighted by Gasteiger charge is -2.11. The van der Waals surface area contributed by atoms with Gasteiger partial charge in [0.2, 0.25) is 0 Å². The van der Waals surface area contributed by atoms with Crippen molar-refractivity contribution in [1.82, 2.24) is 0 Å². The zero-order valence-corrected chi connectivity index (χ0v) is 12.0. The molecule has 0 spiro atoms. The summed E-state index contributed by atoms with van der Waals surface area (Å²) in [6, 6.07) is 15.4. The summed E-state index contributed by atoms with van der Waals surface area (Å²) in [7, 11) is 1.40. The number of nitrogens with one attached hydrogen (secondary N) is 1. The molecule has 0 aliphatic heterocycles. The van der Waals surface area contributed by atoms with Gasteiger partial charge in [0.25, 0.3) is 0 Å². The predicted molar refractivity (Wildman–Crippen MR) is 80.9 cm³/mol. The average Bonchev–Trinajstić information content (AvgIpc) is 2.47. The van der Waals surface area contributed by atoms with E-state index in [1.807, 2.05) is 48.5 Å². The fraction of sp³-hybridized carbons (Fsp3) is 0.188. The molecule has 0 saturated carbocycles. The number of methoxy groups -OCH3 is 1. The Kier molecular flexibility index (Phi) is 5.02. The van der Waals surface area contributed by atoms with Crippen molar-refractivity contribution in [2.75, 3.05) is 12.4 Å². The van der Waals surface area contributed by atoms with E-state index in [-0.39, 0.29) is 12.4 Å². The van der Waals surface area contributed by atoms with E-state index in [0.717, 1.165) is 16.8 Å². The van der Waals surface area contributed by atoms with E-state index < -0.39 is 0 Å². The van der Waals surface area contributed by atoms with Gasteiger partial charge in [-0.2, -0.15) is 0 Å². The van der Waals surface area contributed by atoms with Gasteiger partial charge in [-0.3, -0.25) is 4.79 Å². The summed E-state index contributed by atoms with van der Waals surface area (Å²) < 4.78 is 4.71. The minimum Gasteiger partial charge on any atom is -0.469 e. The third-order valence-electron chi connectivity index (χ3n) is 3.02. The van der Waals surface area contributed by atoms with E-state index in [1.54, 1.807) is 0 Å². The second-order valence-corrected chi connectivity index (χ2v) is 4.76. The van der Waals surface area contributed by atoms with Gasteiger partial charge in [0.1, 0.15) is 0 Å². The number of ether oxygens (including phenoxy) is 1. The van der Waals surface area contributed by atoms with Crippen LogP contribution in [0.1, 0.15) is 11.1 Å². The smallest absolute Gasteiger partial charge is 0.309 e. The lowest BCUT2D eigenvalue weighted by molar-refractivity contribution is -0.139. The summed E-state index contributed by atoms with van der Waals surface area (Å²) in [5.74, 6) is -0.241. The molecule has 0 bridgehead atoms. The number of carbonyl (C=O) groups excluding carboxylic acids is 1. The number of hydrogen-bond acceptors (Lipinski definition) is 3. The highest BCUT2D eigenvalue weighted by Crippen LogP contribution is 2.21. The van der Waals surface area contributed by atoms with Gasteiger partial charge in [-0.05, 0) is 23.3 Å². The van der Waals surface area contributed by atoms with Crippen molar-refractivity contribution in [2.24, 2.45) is 0 Å². The summed E-state index contributed by atoms with van der Waals surface area (Å²) in [4.78, 5) is 11.4. The molecule has 0 saturated heterocycles. The van der Waals surface area contributed by atoms with E-state index in [0.29, 0.717) is 11.6 Å². The van der Waals surface area contributed by atoms with Crippen LogP contribution in [0.3, 0.4) is 0 Å². The molecule has 0 heterocycles. The fourth-order valence-corrected chi connectivity index (χ4v) is 2.13. The first-order chi connectivity index (χ1) is 9.70. The monoisotopic (exact) mass is 289 g/mol. The number of benzene rings is 2. The van der Waals surface area contributed by atoms with E-state index in [2.05, 4.69) is 5.32 Å². The maximum atomic E-state index is 11.4. The number of carbonyl (C=O) groups is 1. The Labute approximate surface area is 123 Å². The number of halogens is 1. The summed E-state index contributed by atoms with van der Waals surface area (Å²) >= 11 is 6.10. The van der Waals surface area contributed by atoms with Crippen LogP contribution in [0, 0.1) is 0 Å². The standard InChI is InChI=1S/C16H16ClNO2/c1-20-16(19)10-12-6-2-3-7-13(12)11-18-15-9-5-4-8-14(15)17/h2-9,18H,10-11H2,1H3. The molecule has 0 radical (unpaired) electrons. The average molecular weight is 290 g/mol. The van der Waals surface area contributed by atoms with Gasteiger partial charge in [-0.15, -0.1) is 0 Å². The maximum Gasteiger partial charge on any atom is 0.309 e. The predicted octanol–water partition coefficient (Wildman–Crippen LogP) is 3.67. The largest absolute Gasteiger partial charge is 0.469 e. The number of esters is 1. The van der Waals surface area contributed by atoms with Crippen LogP contribution in [-0.2, 0) is 22.5 Å². The van der Waals surface area contributed by atoms with Crippen LogP contribution in [0.15, 0.2) is 48.5 Å². The quantitative estimate of drug-likeness (QED) is 0.854. The van der Waals surface area contributed by atoms with Crippen LogP contribution in [0.4, 0.5) is 5.69 Å². The molecule has 0 unspecified atom stereocenters. The Hall–Kier alpha value is -2.00. The zero-order valence-electron chi connectivity index (χ0n) is 11.2. The first-order valence-corrected chi connectivity index (χ1v) is 6.70. The molecule has 2 aromatic carbocycles. The Morgan fingerprint density at radius 1 is 1.10 bits per heavy atom. The Morgan fingerprint density at radius 2 is 1.75 bits per heavy atom. The first kappa shape index (κ1) is 14.4.